The number of aryl methyl sites for hydroxylation is 1. The molecule has 2 aromatic rings. The van der Waals surface area contributed by atoms with Gasteiger partial charge in [-0.1, -0.05) is 0 Å². The maximum absolute atomic E-state index is 12.4. The van der Waals surface area contributed by atoms with E-state index in [0.717, 1.165) is 5.56 Å². The lowest BCUT2D eigenvalue weighted by atomic mass is 10.1. The van der Waals surface area contributed by atoms with Crippen molar-refractivity contribution in [2.45, 2.75) is 20.0 Å². The number of amides is 2. The summed E-state index contributed by atoms with van der Waals surface area (Å²) < 4.78 is 16.6. The molecule has 1 unspecified atom stereocenters. The number of carbonyl (C=O) groups excluding carboxylic acids is 3. The van der Waals surface area contributed by atoms with Gasteiger partial charge in [0, 0.05) is 18.2 Å². The molecule has 164 valence electrons. The summed E-state index contributed by atoms with van der Waals surface area (Å²) in [6.45, 7) is 4.80. The van der Waals surface area contributed by atoms with E-state index in [1.807, 2.05) is 13.0 Å². The van der Waals surface area contributed by atoms with Crippen LogP contribution in [0.5, 0.6) is 5.75 Å². The van der Waals surface area contributed by atoms with Gasteiger partial charge in [0.25, 0.3) is 0 Å². The second-order valence-electron chi connectivity index (χ2n) is 7.24. The van der Waals surface area contributed by atoms with Crippen LogP contribution in [0.25, 0.3) is 6.08 Å². The Morgan fingerprint density at radius 1 is 1.29 bits per heavy atom. The fraction of sp³-hybridized carbons (Fsp3) is 0.348. The van der Waals surface area contributed by atoms with E-state index in [9.17, 15) is 14.4 Å². The van der Waals surface area contributed by atoms with Crippen LogP contribution in [0.2, 0.25) is 0 Å². The van der Waals surface area contributed by atoms with Gasteiger partial charge >= 0.3 is 0 Å². The van der Waals surface area contributed by atoms with E-state index in [1.165, 1.54) is 25.3 Å². The number of benzene rings is 1. The number of ketones is 1. The summed E-state index contributed by atoms with van der Waals surface area (Å²) in [4.78, 5) is 37.5. The molecule has 1 saturated heterocycles. The molecule has 1 fully saturated rings. The van der Waals surface area contributed by atoms with Crippen LogP contribution in [0.15, 0.2) is 47.1 Å². The summed E-state index contributed by atoms with van der Waals surface area (Å²) >= 11 is 0. The Balaban J connectivity index is 1.44. The zero-order valence-electron chi connectivity index (χ0n) is 17.6. The Kier molecular flexibility index (Phi) is 7.61. The maximum atomic E-state index is 12.4. The van der Waals surface area contributed by atoms with Gasteiger partial charge in [0.2, 0.25) is 11.8 Å². The van der Waals surface area contributed by atoms with Crippen LogP contribution in [0.4, 0.5) is 0 Å². The van der Waals surface area contributed by atoms with Crippen molar-refractivity contribution in [3.05, 3.63) is 59.6 Å². The lowest BCUT2D eigenvalue weighted by Gasteiger charge is -2.33. The van der Waals surface area contributed by atoms with Crippen LogP contribution in [-0.4, -0.2) is 61.4 Å². The summed E-state index contributed by atoms with van der Waals surface area (Å²) in [5.41, 5.74) is 1.52. The van der Waals surface area contributed by atoms with E-state index < -0.39 is 0 Å². The van der Waals surface area contributed by atoms with Crippen LogP contribution in [-0.2, 0) is 14.3 Å². The number of ether oxygens (including phenoxy) is 2. The summed E-state index contributed by atoms with van der Waals surface area (Å²) in [6.07, 6.45) is 4.09. The number of Topliss-reactive ketones (excluding diaryl/α,β-unsaturated/α-hetero) is 1. The summed E-state index contributed by atoms with van der Waals surface area (Å²) in [5.74, 6) is 0.656. The molecule has 8 nitrogen and oxygen atoms in total. The van der Waals surface area contributed by atoms with E-state index in [2.05, 4.69) is 5.32 Å². The topological polar surface area (TPSA) is 98.1 Å². The van der Waals surface area contributed by atoms with Crippen LogP contribution in [0, 0.1) is 6.92 Å². The molecule has 1 aromatic heterocycles. The third kappa shape index (κ3) is 6.55. The molecule has 3 rings (SSSR count). The number of hydrogen-bond acceptors (Lipinski definition) is 6. The molecule has 0 saturated carbocycles. The first-order chi connectivity index (χ1) is 14.9. The standard InChI is InChI=1S/C23H26N2O6/c1-16-12-19(5-7-21(16)17(2)26)31-15-20-14-25(9-11-30-20)23(28)13-24-22(27)8-6-18-4-3-10-29-18/h3-8,10,12,20H,9,11,13-15H2,1-2H3,(H,24,27). The van der Waals surface area contributed by atoms with Gasteiger partial charge in [-0.05, 0) is 55.8 Å². The predicted molar refractivity (Wildman–Crippen MR) is 114 cm³/mol. The largest absolute Gasteiger partial charge is 0.491 e. The zero-order valence-corrected chi connectivity index (χ0v) is 17.6. The summed E-state index contributed by atoms with van der Waals surface area (Å²) in [6, 6.07) is 8.76. The van der Waals surface area contributed by atoms with E-state index >= 15 is 0 Å². The number of carbonyl (C=O) groups is 3. The van der Waals surface area contributed by atoms with Gasteiger partial charge in [-0.25, -0.2) is 0 Å². The first-order valence-electron chi connectivity index (χ1n) is 10.1. The van der Waals surface area contributed by atoms with Crippen molar-refractivity contribution >= 4 is 23.7 Å². The molecule has 1 atom stereocenters. The van der Waals surface area contributed by atoms with Gasteiger partial charge in [0.1, 0.15) is 24.2 Å². The van der Waals surface area contributed by atoms with Crippen molar-refractivity contribution < 1.29 is 28.3 Å². The highest BCUT2D eigenvalue weighted by molar-refractivity contribution is 5.95. The molecule has 0 spiro atoms. The van der Waals surface area contributed by atoms with Crippen molar-refractivity contribution in [2.24, 2.45) is 0 Å². The summed E-state index contributed by atoms with van der Waals surface area (Å²) in [7, 11) is 0. The Morgan fingerprint density at radius 2 is 2.13 bits per heavy atom. The Bertz CT molecular complexity index is 951. The summed E-state index contributed by atoms with van der Waals surface area (Å²) in [5, 5.41) is 2.58. The minimum atomic E-state index is -0.373. The number of furan rings is 1. The van der Waals surface area contributed by atoms with Crippen molar-refractivity contribution in [3.63, 3.8) is 0 Å². The molecule has 1 aromatic carbocycles. The minimum Gasteiger partial charge on any atom is -0.491 e. The van der Waals surface area contributed by atoms with Gasteiger partial charge in [-0.15, -0.1) is 0 Å². The number of rotatable bonds is 8. The molecule has 1 aliphatic heterocycles. The second kappa shape index (κ2) is 10.6. The van der Waals surface area contributed by atoms with Gasteiger partial charge in [-0.3, -0.25) is 14.4 Å². The number of nitrogens with zero attached hydrogens (tertiary/aromatic N) is 1. The molecular weight excluding hydrogens is 400 g/mol. The molecule has 0 bridgehead atoms. The highest BCUT2D eigenvalue weighted by Gasteiger charge is 2.25. The molecule has 0 radical (unpaired) electrons. The number of hydrogen-bond donors (Lipinski definition) is 1. The maximum Gasteiger partial charge on any atom is 0.244 e. The van der Waals surface area contributed by atoms with Gasteiger partial charge < -0.3 is 24.1 Å². The molecule has 1 aliphatic rings. The zero-order chi connectivity index (χ0) is 22.2. The monoisotopic (exact) mass is 426 g/mol. The van der Waals surface area contributed by atoms with Gasteiger partial charge in [-0.2, -0.15) is 0 Å². The van der Waals surface area contributed by atoms with E-state index in [4.69, 9.17) is 13.9 Å². The van der Waals surface area contributed by atoms with Crippen LogP contribution >= 0.6 is 0 Å². The van der Waals surface area contributed by atoms with Crippen LogP contribution < -0.4 is 10.1 Å². The van der Waals surface area contributed by atoms with Crippen molar-refractivity contribution in [3.8, 4) is 5.75 Å². The van der Waals surface area contributed by atoms with Gasteiger partial charge in [0.05, 0.1) is 26.0 Å². The average molecular weight is 426 g/mol. The average Bonchev–Trinajstić information content (AvgIpc) is 3.28. The lowest BCUT2D eigenvalue weighted by Crippen LogP contribution is -2.50. The SMILES string of the molecule is CC(=O)c1ccc(OCC2CN(C(=O)CNC(=O)C=Cc3ccco3)CCO2)cc1C. The van der Waals surface area contributed by atoms with Crippen LogP contribution in [0.3, 0.4) is 0 Å². The Hall–Kier alpha value is -3.39. The van der Waals surface area contributed by atoms with Crippen molar-refractivity contribution in [2.75, 3.05) is 32.8 Å². The molecule has 1 N–H and O–H groups in total. The lowest BCUT2D eigenvalue weighted by molar-refractivity contribution is -0.140. The number of morpholine rings is 1. The molecule has 8 heteroatoms. The minimum absolute atomic E-state index is 0.0114. The van der Waals surface area contributed by atoms with E-state index in [1.54, 1.807) is 29.2 Å². The second-order valence-corrected chi connectivity index (χ2v) is 7.24. The first-order valence-corrected chi connectivity index (χ1v) is 10.1. The van der Waals surface area contributed by atoms with Crippen molar-refractivity contribution in [1.82, 2.24) is 10.2 Å². The quantitative estimate of drug-likeness (QED) is 0.514. The molecule has 0 aliphatic carbocycles. The number of nitrogens with one attached hydrogen (secondary N) is 1. The third-order valence-electron chi connectivity index (χ3n) is 4.86. The van der Waals surface area contributed by atoms with Crippen molar-refractivity contribution in [1.29, 1.82) is 0 Å². The van der Waals surface area contributed by atoms with E-state index in [0.29, 0.717) is 36.8 Å². The molecule has 31 heavy (non-hydrogen) atoms. The fourth-order valence-corrected chi connectivity index (χ4v) is 3.23. The van der Waals surface area contributed by atoms with Crippen LogP contribution in [0.1, 0.15) is 28.6 Å². The highest BCUT2D eigenvalue weighted by atomic mass is 16.5. The fourth-order valence-electron chi connectivity index (χ4n) is 3.23. The normalized spacial score (nSPS) is 16.3. The van der Waals surface area contributed by atoms with Gasteiger partial charge in [0.15, 0.2) is 5.78 Å². The predicted octanol–water partition coefficient (Wildman–Crippen LogP) is 2.23. The molecule has 2 heterocycles. The van der Waals surface area contributed by atoms with E-state index in [-0.39, 0.29) is 36.9 Å². The molecular formula is C23H26N2O6. The third-order valence-corrected chi connectivity index (χ3v) is 4.86. The Labute approximate surface area is 180 Å². The highest BCUT2D eigenvalue weighted by Crippen LogP contribution is 2.18. The Morgan fingerprint density at radius 3 is 2.84 bits per heavy atom. The smallest absolute Gasteiger partial charge is 0.244 e. The molecule has 2 amide bonds. The first kappa shape index (κ1) is 22.3.